The summed E-state index contributed by atoms with van der Waals surface area (Å²) in [5.41, 5.74) is 2.39. The largest absolute Gasteiger partial charge is 0.408 e. The molecule has 0 aromatic rings. The molecule has 6 heteroatoms. The first-order valence-electron chi connectivity index (χ1n) is 19.7. The molecule has 0 aliphatic heterocycles. The fraction of sp³-hybridized carbons (Fsp3) is 0.950. The molecule has 4 nitrogen and oxygen atoms in total. The summed E-state index contributed by atoms with van der Waals surface area (Å²) < 4.78 is 30.1. The molecule has 4 fully saturated rings. The van der Waals surface area contributed by atoms with Crippen molar-refractivity contribution in [2.24, 2.45) is 64.1 Å². The minimum atomic E-state index is -3.44. The predicted molar refractivity (Wildman–Crippen MR) is 198 cm³/mol. The highest BCUT2D eigenvalue weighted by Crippen LogP contribution is 2.68. The van der Waals surface area contributed by atoms with E-state index in [0.717, 1.165) is 72.9 Å². The average molecular weight is 725 g/mol. The zero-order chi connectivity index (χ0) is 33.4. The van der Waals surface area contributed by atoms with Gasteiger partial charge in [0.05, 0.1) is 12.2 Å². The SMILES string of the molecule is CC(C)CCC[C@@H](C)[C@H]1CC[C@H]2[C@@H]3CC=C4C[C@@H](OP(=O)(O[C@@H]5C[C@H](C)CC[C@H]5C(C)C)N(C)CCBr)CC[C@]4(C)[C@H]3CC[C@]12C. The quantitative estimate of drug-likeness (QED) is 0.108. The van der Waals surface area contributed by atoms with Gasteiger partial charge in [-0.2, -0.15) is 0 Å². The Balaban J connectivity index is 1.28. The molecule has 0 radical (unpaired) electrons. The lowest BCUT2D eigenvalue weighted by atomic mass is 9.47. The molecule has 12 atom stereocenters. The standard InChI is InChI=1S/C40H71BrNO3P/c1-27(2)11-10-12-30(6)35-17-18-36-34-16-14-31-26-32(19-21-39(31,7)37(34)20-22-40(35,36)8)44-46(43,42(9)24-23-41)45-38-25-29(5)13-15-33(38)28(3)4/h14,27-30,32-38H,10-13,15-26H2,1-9H3/t29-,30-,32+,33+,34+,35-,36+,37+,38-,39+,40-,46?/m1/s1. The molecule has 0 amide bonds. The minimum absolute atomic E-state index is 0.000538. The Labute approximate surface area is 293 Å². The zero-order valence-electron chi connectivity index (χ0n) is 31.2. The van der Waals surface area contributed by atoms with Crippen molar-refractivity contribution in [2.45, 2.75) is 157 Å². The maximum Gasteiger partial charge on any atom is 0.408 e. The van der Waals surface area contributed by atoms with E-state index in [0.29, 0.717) is 29.7 Å². The van der Waals surface area contributed by atoms with E-state index < -0.39 is 7.75 Å². The van der Waals surface area contributed by atoms with Crippen LogP contribution in [-0.2, 0) is 13.6 Å². The van der Waals surface area contributed by atoms with Crippen LogP contribution in [-0.4, -0.2) is 35.8 Å². The van der Waals surface area contributed by atoms with E-state index in [-0.39, 0.29) is 17.6 Å². The molecule has 4 saturated carbocycles. The number of rotatable bonds is 13. The van der Waals surface area contributed by atoms with E-state index in [1.807, 2.05) is 11.7 Å². The number of halogens is 1. The van der Waals surface area contributed by atoms with Gasteiger partial charge < -0.3 is 0 Å². The molecule has 0 bridgehead atoms. The molecular formula is C40H71BrNO3P. The fourth-order valence-electron chi connectivity index (χ4n) is 11.8. The van der Waals surface area contributed by atoms with Gasteiger partial charge in [0.1, 0.15) is 0 Å². The van der Waals surface area contributed by atoms with Crippen molar-refractivity contribution in [3.63, 3.8) is 0 Å². The molecule has 1 unspecified atom stereocenters. The number of allylic oxidation sites excluding steroid dienone is 1. The maximum atomic E-state index is 14.8. The lowest BCUT2D eigenvalue weighted by Crippen LogP contribution is -2.51. The van der Waals surface area contributed by atoms with Crippen LogP contribution in [0.25, 0.3) is 0 Å². The summed E-state index contributed by atoms with van der Waals surface area (Å²) in [5.74, 6) is 6.65. The highest BCUT2D eigenvalue weighted by molar-refractivity contribution is 9.09. The number of hydrogen-bond acceptors (Lipinski definition) is 3. The summed E-state index contributed by atoms with van der Waals surface area (Å²) in [6.07, 6.45) is 20.2. The highest BCUT2D eigenvalue weighted by Gasteiger charge is 2.59. The number of alkyl halides is 1. The van der Waals surface area contributed by atoms with Crippen molar-refractivity contribution < 1.29 is 13.6 Å². The van der Waals surface area contributed by atoms with E-state index in [2.05, 4.69) is 77.4 Å². The Kier molecular flexibility index (Phi) is 12.5. The van der Waals surface area contributed by atoms with Gasteiger partial charge in [0.25, 0.3) is 0 Å². The third-order valence-corrected chi connectivity index (χ3v) is 17.1. The van der Waals surface area contributed by atoms with E-state index >= 15 is 0 Å². The Morgan fingerprint density at radius 3 is 2.43 bits per heavy atom. The number of nitrogens with zero attached hydrogens (tertiary/aromatic N) is 1. The van der Waals surface area contributed by atoms with Crippen LogP contribution in [0.4, 0.5) is 0 Å². The van der Waals surface area contributed by atoms with Gasteiger partial charge in [-0.3, -0.25) is 9.05 Å². The van der Waals surface area contributed by atoms with Gasteiger partial charge in [-0.25, -0.2) is 9.24 Å². The third kappa shape index (κ3) is 7.65. The summed E-state index contributed by atoms with van der Waals surface area (Å²) >= 11 is 3.59. The van der Waals surface area contributed by atoms with Gasteiger partial charge >= 0.3 is 7.75 Å². The zero-order valence-corrected chi connectivity index (χ0v) is 33.7. The Morgan fingerprint density at radius 1 is 0.978 bits per heavy atom. The summed E-state index contributed by atoms with van der Waals surface area (Å²) in [6, 6.07) is 0. The average Bonchev–Trinajstić information content (AvgIpc) is 3.34. The molecule has 0 aromatic heterocycles. The second-order valence-electron chi connectivity index (χ2n) is 18.3. The first-order chi connectivity index (χ1) is 21.7. The topological polar surface area (TPSA) is 38.8 Å². The van der Waals surface area contributed by atoms with Crippen LogP contribution >= 0.6 is 23.7 Å². The van der Waals surface area contributed by atoms with Gasteiger partial charge in [0, 0.05) is 11.9 Å². The van der Waals surface area contributed by atoms with Crippen molar-refractivity contribution in [3.8, 4) is 0 Å². The monoisotopic (exact) mass is 723 g/mol. The first kappa shape index (κ1) is 37.6. The van der Waals surface area contributed by atoms with Crippen molar-refractivity contribution in [1.29, 1.82) is 0 Å². The van der Waals surface area contributed by atoms with E-state index in [1.54, 1.807) is 5.57 Å². The molecule has 266 valence electrons. The Hall–Kier alpha value is 0.330. The molecule has 5 aliphatic rings. The van der Waals surface area contributed by atoms with E-state index in [9.17, 15) is 4.57 Å². The molecule has 0 N–H and O–H groups in total. The summed E-state index contributed by atoms with van der Waals surface area (Å²) in [4.78, 5) is 0. The van der Waals surface area contributed by atoms with Crippen molar-refractivity contribution >= 4 is 23.7 Å². The van der Waals surface area contributed by atoms with E-state index in [1.165, 1.54) is 57.8 Å². The lowest BCUT2D eigenvalue weighted by molar-refractivity contribution is -0.0583. The molecule has 0 heterocycles. The van der Waals surface area contributed by atoms with Crippen LogP contribution in [0.2, 0.25) is 0 Å². The number of hydrogen-bond donors (Lipinski definition) is 0. The highest BCUT2D eigenvalue weighted by atomic mass is 79.9. The van der Waals surface area contributed by atoms with Crippen LogP contribution in [0.5, 0.6) is 0 Å². The minimum Gasteiger partial charge on any atom is -0.293 e. The van der Waals surface area contributed by atoms with Crippen LogP contribution in [0.1, 0.15) is 145 Å². The third-order valence-electron chi connectivity index (χ3n) is 14.6. The lowest BCUT2D eigenvalue weighted by Gasteiger charge is -2.58. The summed E-state index contributed by atoms with van der Waals surface area (Å²) in [7, 11) is -1.50. The second-order valence-corrected chi connectivity index (χ2v) is 21.1. The van der Waals surface area contributed by atoms with Gasteiger partial charge in [0.2, 0.25) is 0 Å². The van der Waals surface area contributed by atoms with Crippen LogP contribution in [0.15, 0.2) is 11.6 Å². The van der Waals surface area contributed by atoms with Gasteiger partial charge in [0.15, 0.2) is 0 Å². The van der Waals surface area contributed by atoms with E-state index in [4.69, 9.17) is 9.05 Å². The normalized spacial score (nSPS) is 41.5. The van der Waals surface area contributed by atoms with Crippen molar-refractivity contribution in [2.75, 3.05) is 18.9 Å². The molecule has 0 aromatic carbocycles. The Morgan fingerprint density at radius 2 is 1.74 bits per heavy atom. The second kappa shape index (κ2) is 15.3. The van der Waals surface area contributed by atoms with Crippen LogP contribution in [0, 0.1) is 64.1 Å². The Bertz CT molecular complexity index is 1090. The maximum absolute atomic E-state index is 14.8. The molecule has 5 rings (SSSR count). The van der Waals surface area contributed by atoms with Crippen LogP contribution in [0.3, 0.4) is 0 Å². The molecule has 0 spiro atoms. The summed E-state index contributed by atoms with van der Waals surface area (Å²) in [6.45, 7) is 20.2. The molecule has 5 aliphatic carbocycles. The van der Waals surface area contributed by atoms with Gasteiger partial charge in [-0.1, -0.05) is 109 Å². The van der Waals surface area contributed by atoms with Crippen molar-refractivity contribution in [1.82, 2.24) is 4.67 Å². The molecular weight excluding hydrogens is 653 g/mol. The smallest absolute Gasteiger partial charge is 0.293 e. The van der Waals surface area contributed by atoms with Gasteiger partial charge in [-0.15, -0.1) is 0 Å². The molecule has 0 saturated heterocycles. The summed E-state index contributed by atoms with van der Waals surface area (Å²) in [5, 5.41) is 0.753. The van der Waals surface area contributed by atoms with Gasteiger partial charge in [-0.05, 0) is 135 Å². The predicted octanol–water partition coefficient (Wildman–Crippen LogP) is 12.3. The fourth-order valence-corrected chi connectivity index (χ4v) is 14.4. The van der Waals surface area contributed by atoms with Crippen LogP contribution < -0.4 is 0 Å². The molecule has 46 heavy (non-hydrogen) atoms. The van der Waals surface area contributed by atoms with Crippen molar-refractivity contribution in [3.05, 3.63) is 11.6 Å². The number of fused-ring (bicyclic) bond motifs is 5. The first-order valence-corrected chi connectivity index (χ1v) is 22.3.